The van der Waals surface area contributed by atoms with Crippen molar-refractivity contribution >= 4 is 17.5 Å². The molecular formula is C16H17ClN2O3. The zero-order chi connectivity index (χ0) is 15.5. The van der Waals surface area contributed by atoms with Gasteiger partial charge in [0, 0.05) is 37.0 Å². The average molecular weight is 321 g/mol. The van der Waals surface area contributed by atoms with Gasteiger partial charge in [0.2, 0.25) is 5.91 Å². The van der Waals surface area contributed by atoms with E-state index >= 15 is 0 Å². The van der Waals surface area contributed by atoms with Crippen molar-refractivity contribution in [3.05, 3.63) is 46.2 Å². The summed E-state index contributed by atoms with van der Waals surface area (Å²) in [6.07, 6.45) is 1.72. The lowest BCUT2D eigenvalue weighted by Gasteiger charge is -2.29. The molecule has 0 saturated carbocycles. The normalized spacial score (nSPS) is 13.8. The number of halogens is 1. The molecule has 0 atom stereocenters. The summed E-state index contributed by atoms with van der Waals surface area (Å²) < 4.78 is 10.1. The van der Waals surface area contributed by atoms with Gasteiger partial charge in [0.25, 0.3) is 5.88 Å². The lowest BCUT2D eigenvalue weighted by Crippen LogP contribution is -2.36. The molecule has 1 aromatic heterocycles. The average Bonchev–Trinajstić information content (AvgIpc) is 3.00. The Morgan fingerprint density at radius 1 is 1.50 bits per heavy atom. The molecule has 3 rings (SSSR count). The van der Waals surface area contributed by atoms with Crippen LogP contribution < -0.4 is 4.74 Å². The van der Waals surface area contributed by atoms with Crippen molar-refractivity contribution in [2.24, 2.45) is 0 Å². The third-order valence-electron chi connectivity index (χ3n) is 3.89. The number of rotatable bonds is 4. The molecule has 0 spiro atoms. The largest absolute Gasteiger partial charge is 0.479 e. The maximum absolute atomic E-state index is 12.3. The fourth-order valence-electron chi connectivity index (χ4n) is 2.67. The van der Waals surface area contributed by atoms with Crippen LogP contribution in [-0.4, -0.2) is 29.6 Å². The number of carbonyl (C=O) groups excluding carboxylic acids is 1. The van der Waals surface area contributed by atoms with Crippen LogP contribution in [0.15, 0.2) is 28.8 Å². The number of nitrogens with zero attached hydrogens (tertiary/aromatic N) is 2. The van der Waals surface area contributed by atoms with Gasteiger partial charge in [-0.05, 0) is 28.8 Å². The van der Waals surface area contributed by atoms with E-state index in [9.17, 15) is 4.79 Å². The third-order valence-corrected chi connectivity index (χ3v) is 4.25. The van der Waals surface area contributed by atoms with Crippen molar-refractivity contribution in [2.45, 2.75) is 25.8 Å². The van der Waals surface area contributed by atoms with Gasteiger partial charge in [-0.2, -0.15) is 0 Å². The third kappa shape index (κ3) is 3.09. The Kier molecular flexibility index (Phi) is 4.34. The molecule has 2 aromatic rings. The Labute approximate surface area is 133 Å². The molecule has 0 aliphatic carbocycles. The molecule has 0 unspecified atom stereocenters. The van der Waals surface area contributed by atoms with Gasteiger partial charge in [0.1, 0.15) is 5.76 Å². The molecule has 1 amide bonds. The highest BCUT2D eigenvalue weighted by Crippen LogP contribution is 2.26. The number of amides is 1. The summed E-state index contributed by atoms with van der Waals surface area (Å²) in [5.74, 6) is 1.20. The van der Waals surface area contributed by atoms with Gasteiger partial charge in [0.05, 0.1) is 7.11 Å². The van der Waals surface area contributed by atoms with Gasteiger partial charge in [-0.15, -0.1) is 0 Å². The molecular weight excluding hydrogens is 304 g/mol. The topological polar surface area (TPSA) is 55.6 Å². The van der Waals surface area contributed by atoms with Crippen molar-refractivity contribution in [1.82, 2.24) is 10.1 Å². The van der Waals surface area contributed by atoms with Crippen LogP contribution in [0.2, 0.25) is 5.02 Å². The molecule has 6 heteroatoms. The molecule has 2 heterocycles. The summed E-state index contributed by atoms with van der Waals surface area (Å²) in [6.45, 7) is 1.32. The number of hydrogen-bond donors (Lipinski definition) is 0. The van der Waals surface area contributed by atoms with E-state index in [1.165, 1.54) is 7.11 Å². The fraction of sp³-hybridized carbons (Fsp3) is 0.375. The number of aryl methyl sites for hydroxylation is 1. The van der Waals surface area contributed by atoms with E-state index in [0.717, 1.165) is 22.6 Å². The van der Waals surface area contributed by atoms with Crippen LogP contribution in [0, 0.1) is 0 Å². The van der Waals surface area contributed by atoms with E-state index < -0.39 is 0 Å². The first-order valence-corrected chi connectivity index (χ1v) is 7.59. The lowest BCUT2D eigenvalue weighted by atomic mass is 9.99. The number of ether oxygens (including phenoxy) is 1. The SMILES string of the molecule is COc1cc(CCC(=O)N2CCc3c(Cl)cccc3C2)on1. The van der Waals surface area contributed by atoms with Crippen molar-refractivity contribution in [2.75, 3.05) is 13.7 Å². The highest BCUT2D eigenvalue weighted by atomic mass is 35.5. The minimum atomic E-state index is 0.112. The van der Waals surface area contributed by atoms with E-state index in [1.807, 2.05) is 23.1 Å². The summed E-state index contributed by atoms with van der Waals surface area (Å²) in [5.41, 5.74) is 2.29. The number of aromatic nitrogens is 1. The molecule has 5 nitrogen and oxygen atoms in total. The second kappa shape index (κ2) is 6.40. The Bertz CT molecular complexity index is 684. The monoisotopic (exact) mass is 320 g/mol. The van der Waals surface area contributed by atoms with Crippen molar-refractivity contribution in [3.63, 3.8) is 0 Å². The molecule has 0 bridgehead atoms. The van der Waals surface area contributed by atoms with Crippen LogP contribution in [0.5, 0.6) is 5.88 Å². The maximum Gasteiger partial charge on any atom is 0.254 e. The number of hydrogen-bond acceptors (Lipinski definition) is 4. The van der Waals surface area contributed by atoms with Crippen LogP contribution in [0.4, 0.5) is 0 Å². The zero-order valence-corrected chi connectivity index (χ0v) is 13.1. The smallest absolute Gasteiger partial charge is 0.254 e. The Balaban J connectivity index is 1.59. The highest BCUT2D eigenvalue weighted by molar-refractivity contribution is 6.31. The number of methoxy groups -OCH3 is 1. The van der Waals surface area contributed by atoms with E-state index in [0.29, 0.717) is 37.6 Å². The molecule has 0 radical (unpaired) electrons. The molecule has 22 heavy (non-hydrogen) atoms. The van der Waals surface area contributed by atoms with Crippen molar-refractivity contribution in [1.29, 1.82) is 0 Å². The molecule has 116 valence electrons. The van der Waals surface area contributed by atoms with E-state index in [4.69, 9.17) is 20.9 Å². The van der Waals surface area contributed by atoms with Gasteiger partial charge in [-0.25, -0.2) is 0 Å². The first-order valence-electron chi connectivity index (χ1n) is 7.21. The predicted octanol–water partition coefficient (Wildman–Crippen LogP) is 2.85. The van der Waals surface area contributed by atoms with Gasteiger partial charge in [0.15, 0.2) is 0 Å². The molecule has 0 saturated heterocycles. The Morgan fingerprint density at radius 2 is 2.36 bits per heavy atom. The predicted molar refractivity (Wildman–Crippen MR) is 81.9 cm³/mol. The summed E-state index contributed by atoms with van der Waals surface area (Å²) in [5, 5.41) is 4.52. The Hall–Kier alpha value is -2.01. The first-order chi connectivity index (χ1) is 10.7. The van der Waals surface area contributed by atoms with Crippen LogP contribution in [-0.2, 0) is 24.2 Å². The van der Waals surface area contributed by atoms with E-state index in [1.54, 1.807) is 6.07 Å². The fourth-order valence-corrected chi connectivity index (χ4v) is 2.96. The number of fused-ring (bicyclic) bond motifs is 1. The Morgan fingerprint density at radius 3 is 3.14 bits per heavy atom. The summed E-state index contributed by atoms with van der Waals surface area (Å²) >= 11 is 6.19. The van der Waals surface area contributed by atoms with Crippen molar-refractivity contribution < 1.29 is 14.1 Å². The molecule has 0 N–H and O–H groups in total. The van der Waals surface area contributed by atoms with Crippen LogP contribution in [0.25, 0.3) is 0 Å². The maximum atomic E-state index is 12.3. The van der Waals surface area contributed by atoms with Crippen LogP contribution >= 0.6 is 11.6 Å². The quantitative estimate of drug-likeness (QED) is 0.869. The molecule has 1 aromatic carbocycles. The number of carbonyl (C=O) groups is 1. The summed E-state index contributed by atoms with van der Waals surface area (Å²) in [7, 11) is 1.53. The van der Waals surface area contributed by atoms with Crippen molar-refractivity contribution in [3.8, 4) is 5.88 Å². The van der Waals surface area contributed by atoms with Crippen LogP contribution in [0.3, 0.4) is 0 Å². The zero-order valence-electron chi connectivity index (χ0n) is 12.3. The van der Waals surface area contributed by atoms with Gasteiger partial charge >= 0.3 is 0 Å². The summed E-state index contributed by atoms with van der Waals surface area (Å²) in [6, 6.07) is 7.56. The van der Waals surface area contributed by atoms with Gasteiger partial charge < -0.3 is 14.2 Å². The second-order valence-corrected chi connectivity index (χ2v) is 5.69. The summed E-state index contributed by atoms with van der Waals surface area (Å²) in [4.78, 5) is 14.2. The van der Waals surface area contributed by atoms with Crippen LogP contribution in [0.1, 0.15) is 23.3 Å². The lowest BCUT2D eigenvalue weighted by molar-refractivity contribution is -0.132. The highest BCUT2D eigenvalue weighted by Gasteiger charge is 2.22. The minimum absolute atomic E-state index is 0.112. The standard InChI is InChI=1S/C16H17ClN2O3/c1-21-15-9-12(22-18-15)5-6-16(20)19-8-7-13-11(10-19)3-2-4-14(13)17/h2-4,9H,5-8,10H2,1H3. The minimum Gasteiger partial charge on any atom is -0.479 e. The van der Waals surface area contributed by atoms with E-state index in [-0.39, 0.29) is 5.91 Å². The van der Waals surface area contributed by atoms with Gasteiger partial charge in [-0.3, -0.25) is 4.79 Å². The molecule has 0 fully saturated rings. The first kappa shape index (κ1) is 14.9. The molecule has 1 aliphatic heterocycles. The number of benzene rings is 1. The van der Waals surface area contributed by atoms with Gasteiger partial charge in [-0.1, -0.05) is 23.7 Å². The molecule has 1 aliphatic rings. The second-order valence-electron chi connectivity index (χ2n) is 5.28. The van der Waals surface area contributed by atoms with E-state index in [2.05, 4.69) is 5.16 Å².